The number of anilines is 1. The third-order valence-electron chi connectivity index (χ3n) is 2.89. The van der Waals surface area contributed by atoms with E-state index in [0.717, 1.165) is 50.9 Å². The summed E-state index contributed by atoms with van der Waals surface area (Å²) < 4.78 is 5.47. The Bertz CT molecular complexity index is 346. The average molecular weight is 269 g/mol. The summed E-state index contributed by atoms with van der Waals surface area (Å²) in [5.41, 5.74) is 0. The topological polar surface area (TPSA) is 37.4 Å². The number of thiazole rings is 1. The van der Waals surface area contributed by atoms with Crippen LogP contribution in [-0.2, 0) is 11.3 Å². The van der Waals surface area contributed by atoms with Gasteiger partial charge < -0.3 is 15.0 Å². The molecule has 0 bridgehead atoms. The highest BCUT2D eigenvalue weighted by molar-refractivity contribution is 7.15. The maximum Gasteiger partial charge on any atom is 0.185 e. The Balaban J connectivity index is 1.84. The number of ether oxygens (including phenoxy) is 1. The van der Waals surface area contributed by atoms with Gasteiger partial charge in [0.05, 0.1) is 6.61 Å². The Morgan fingerprint density at radius 1 is 1.44 bits per heavy atom. The van der Waals surface area contributed by atoms with Crippen LogP contribution < -0.4 is 10.2 Å². The third kappa shape index (κ3) is 4.23. The molecule has 1 saturated heterocycles. The lowest BCUT2D eigenvalue weighted by atomic mass is 10.2. The van der Waals surface area contributed by atoms with E-state index >= 15 is 0 Å². The summed E-state index contributed by atoms with van der Waals surface area (Å²) in [7, 11) is 0. The molecule has 0 saturated carbocycles. The van der Waals surface area contributed by atoms with E-state index in [0.29, 0.717) is 5.92 Å². The average Bonchev–Trinajstić information content (AvgIpc) is 2.63. The van der Waals surface area contributed by atoms with Crippen LogP contribution in [0.5, 0.6) is 0 Å². The second kappa shape index (κ2) is 7.07. The first-order valence-corrected chi connectivity index (χ1v) is 7.55. The van der Waals surface area contributed by atoms with Crippen LogP contribution in [0.1, 0.15) is 25.1 Å². The molecule has 0 spiro atoms. The fourth-order valence-electron chi connectivity index (χ4n) is 1.95. The first-order chi connectivity index (χ1) is 8.75. The van der Waals surface area contributed by atoms with E-state index in [-0.39, 0.29) is 0 Å². The predicted octanol–water partition coefficient (Wildman–Crippen LogP) is 2.12. The summed E-state index contributed by atoms with van der Waals surface area (Å²) in [5.74, 6) is 0.695. The smallest absolute Gasteiger partial charge is 0.185 e. The van der Waals surface area contributed by atoms with E-state index < -0.39 is 0 Å². The molecule has 0 atom stereocenters. The van der Waals surface area contributed by atoms with Crippen LogP contribution in [-0.4, -0.2) is 37.8 Å². The van der Waals surface area contributed by atoms with Crippen LogP contribution in [0.3, 0.4) is 0 Å². The fraction of sp³-hybridized carbons (Fsp3) is 0.769. The molecule has 1 aliphatic heterocycles. The molecule has 1 aromatic rings. The highest BCUT2D eigenvalue weighted by atomic mass is 32.1. The second-order valence-corrected chi connectivity index (χ2v) is 6.18. The summed E-state index contributed by atoms with van der Waals surface area (Å²) in [6.45, 7) is 10.2. The van der Waals surface area contributed by atoms with Gasteiger partial charge in [-0.25, -0.2) is 4.98 Å². The Morgan fingerprint density at radius 2 is 2.33 bits per heavy atom. The molecule has 4 nitrogen and oxygen atoms in total. The minimum absolute atomic E-state index is 0.695. The van der Waals surface area contributed by atoms with Crippen LogP contribution in [0.4, 0.5) is 5.13 Å². The molecule has 5 heteroatoms. The number of nitrogens with one attached hydrogen (secondary N) is 1. The molecule has 0 aromatic carbocycles. The van der Waals surface area contributed by atoms with Gasteiger partial charge in [-0.2, -0.15) is 0 Å². The van der Waals surface area contributed by atoms with E-state index in [1.807, 2.05) is 6.20 Å². The molecule has 18 heavy (non-hydrogen) atoms. The van der Waals surface area contributed by atoms with E-state index in [9.17, 15) is 0 Å². The molecule has 1 fully saturated rings. The zero-order valence-corrected chi connectivity index (χ0v) is 12.1. The number of aromatic nitrogens is 1. The molecule has 0 aliphatic carbocycles. The van der Waals surface area contributed by atoms with E-state index in [1.165, 1.54) is 4.88 Å². The van der Waals surface area contributed by atoms with Gasteiger partial charge >= 0.3 is 0 Å². The summed E-state index contributed by atoms with van der Waals surface area (Å²) >= 11 is 1.80. The lowest BCUT2D eigenvalue weighted by molar-refractivity contribution is 0.152. The van der Waals surface area contributed by atoms with Crippen molar-refractivity contribution < 1.29 is 4.74 Å². The summed E-state index contributed by atoms with van der Waals surface area (Å²) in [6.07, 6.45) is 3.10. The Labute approximate surface area is 113 Å². The molecule has 0 radical (unpaired) electrons. The molecule has 1 N–H and O–H groups in total. The number of nitrogens with zero attached hydrogens (tertiary/aromatic N) is 2. The van der Waals surface area contributed by atoms with Crippen molar-refractivity contribution in [1.29, 1.82) is 0 Å². The number of hydrogen-bond donors (Lipinski definition) is 1. The van der Waals surface area contributed by atoms with Crippen molar-refractivity contribution in [3.63, 3.8) is 0 Å². The van der Waals surface area contributed by atoms with Crippen molar-refractivity contribution in [2.75, 3.05) is 37.7 Å². The maximum absolute atomic E-state index is 5.47. The predicted molar refractivity (Wildman–Crippen MR) is 76.3 cm³/mol. The molecule has 2 heterocycles. The molecule has 1 aromatic heterocycles. The first-order valence-electron chi connectivity index (χ1n) is 6.74. The molecule has 2 rings (SSSR count). The monoisotopic (exact) mass is 269 g/mol. The number of rotatable bonds is 5. The minimum atomic E-state index is 0.695. The van der Waals surface area contributed by atoms with Crippen LogP contribution in [0, 0.1) is 5.92 Å². The Morgan fingerprint density at radius 3 is 3.17 bits per heavy atom. The lowest BCUT2D eigenvalue weighted by Crippen LogP contribution is -2.25. The van der Waals surface area contributed by atoms with Gasteiger partial charge in [-0.05, 0) is 18.9 Å². The van der Waals surface area contributed by atoms with Gasteiger partial charge in [0, 0.05) is 37.3 Å². The van der Waals surface area contributed by atoms with Gasteiger partial charge in [0.25, 0.3) is 0 Å². The highest BCUT2D eigenvalue weighted by Crippen LogP contribution is 2.23. The zero-order chi connectivity index (χ0) is 12.8. The van der Waals surface area contributed by atoms with Gasteiger partial charge in [-0.1, -0.05) is 13.8 Å². The van der Waals surface area contributed by atoms with Crippen molar-refractivity contribution in [2.24, 2.45) is 5.92 Å². The largest absolute Gasteiger partial charge is 0.380 e. The molecule has 0 unspecified atom stereocenters. The van der Waals surface area contributed by atoms with Crippen molar-refractivity contribution >= 4 is 16.5 Å². The van der Waals surface area contributed by atoms with Crippen molar-refractivity contribution in [2.45, 2.75) is 26.8 Å². The molecular formula is C13H23N3OS. The van der Waals surface area contributed by atoms with Crippen molar-refractivity contribution in [3.8, 4) is 0 Å². The van der Waals surface area contributed by atoms with Gasteiger partial charge in [-0.15, -0.1) is 11.3 Å². The molecule has 0 amide bonds. The first kappa shape index (κ1) is 13.8. The van der Waals surface area contributed by atoms with Crippen molar-refractivity contribution in [1.82, 2.24) is 10.3 Å². The normalized spacial score (nSPS) is 17.2. The summed E-state index contributed by atoms with van der Waals surface area (Å²) in [6, 6.07) is 0. The Hall–Kier alpha value is -0.650. The zero-order valence-electron chi connectivity index (χ0n) is 11.3. The van der Waals surface area contributed by atoms with Gasteiger partial charge in [0.2, 0.25) is 0 Å². The molecule has 102 valence electrons. The second-order valence-electron chi connectivity index (χ2n) is 5.09. The van der Waals surface area contributed by atoms with E-state index in [2.05, 4.69) is 29.0 Å². The van der Waals surface area contributed by atoms with E-state index in [1.54, 1.807) is 11.3 Å². The number of hydrogen-bond acceptors (Lipinski definition) is 5. The third-order valence-corrected chi connectivity index (χ3v) is 3.94. The Kier molecular flexibility index (Phi) is 5.41. The van der Waals surface area contributed by atoms with Crippen LogP contribution >= 0.6 is 11.3 Å². The van der Waals surface area contributed by atoms with Gasteiger partial charge in [0.15, 0.2) is 5.13 Å². The quantitative estimate of drug-likeness (QED) is 0.888. The standard InChI is InChI=1S/C13H23N3OS/c1-11(2)8-14-9-12-10-15-13(18-12)16-4-3-6-17-7-5-16/h10-11,14H,3-9H2,1-2H3. The molecule has 1 aliphatic rings. The summed E-state index contributed by atoms with van der Waals surface area (Å²) in [4.78, 5) is 8.18. The van der Waals surface area contributed by atoms with E-state index in [4.69, 9.17) is 4.74 Å². The maximum atomic E-state index is 5.47. The molecular weight excluding hydrogens is 246 g/mol. The van der Waals surface area contributed by atoms with Crippen molar-refractivity contribution in [3.05, 3.63) is 11.1 Å². The van der Waals surface area contributed by atoms with Crippen LogP contribution in [0.25, 0.3) is 0 Å². The van der Waals surface area contributed by atoms with Gasteiger partial charge in [0.1, 0.15) is 0 Å². The lowest BCUT2D eigenvalue weighted by Gasteiger charge is -2.17. The van der Waals surface area contributed by atoms with Gasteiger partial charge in [-0.3, -0.25) is 0 Å². The van der Waals surface area contributed by atoms with Crippen LogP contribution in [0.2, 0.25) is 0 Å². The fourth-order valence-corrected chi connectivity index (χ4v) is 2.88. The summed E-state index contributed by atoms with van der Waals surface area (Å²) in [5, 5.41) is 4.60. The van der Waals surface area contributed by atoms with Crippen LogP contribution in [0.15, 0.2) is 6.20 Å². The SMILES string of the molecule is CC(C)CNCc1cnc(N2CCCOCC2)s1. The minimum Gasteiger partial charge on any atom is -0.380 e. The highest BCUT2D eigenvalue weighted by Gasteiger charge is 2.13.